The maximum Gasteiger partial charge on any atom is 0.123 e. The molecule has 2 aromatic rings. The van der Waals surface area contributed by atoms with Crippen molar-refractivity contribution in [1.82, 2.24) is 5.32 Å². The Morgan fingerprint density at radius 1 is 1.25 bits per heavy atom. The molecule has 1 nitrogen and oxygen atoms in total. The van der Waals surface area contributed by atoms with Gasteiger partial charge in [-0.2, -0.15) is 0 Å². The molecule has 1 fully saturated rings. The first-order chi connectivity index (χ1) is 9.78. The van der Waals surface area contributed by atoms with Crippen molar-refractivity contribution in [3.8, 4) is 0 Å². The molecule has 0 amide bonds. The predicted octanol–water partition coefficient (Wildman–Crippen LogP) is 5.08. The lowest BCUT2D eigenvalue weighted by molar-refractivity contribution is 0.405. The number of thiophene rings is 1. The summed E-state index contributed by atoms with van der Waals surface area (Å²) in [5.41, 5.74) is 1.21. The average Bonchev–Trinajstić information content (AvgIpc) is 3.16. The van der Waals surface area contributed by atoms with E-state index in [1.54, 1.807) is 23.5 Å². The van der Waals surface area contributed by atoms with Crippen molar-refractivity contribution >= 4 is 11.3 Å². The van der Waals surface area contributed by atoms with Gasteiger partial charge in [-0.3, -0.25) is 0 Å². The summed E-state index contributed by atoms with van der Waals surface area (Å²) < 4.78 is 13.1. The van der Waals surface area contributed by atoms with Crippen LogP contribution in [-0.2, 0) is 0 Å². The topological polar surface area (TPSA) is 12.0 Å². The van der Waals surface area contributed by atoms with Crippen molar-refractivity contribution in [2.75, 3.05) is 0 Å². The van der Waals surface area contributed by atoms with Crippen LogP contribution >= 0.6 is 11.3 Å². The summed E-state index contributed by atoms with van der Waals surface area (Å²) in [5, 5.41) is 5.92. The van der Waals surface area contributed by atoms with E-state index < -0.39 is 0 Å². The van der Waals surface area contributed by atoms with E-state index in [9.17, 15) is 4.39 Å². The van der Waals surface area contributed by atoms with E-state index in [0.717, 1.165) is 6.42 Å². The zero-order chi connectivity index (χ0) is 13.9. The van der Waals surface area contributed by atoms with Crippen LogP contribution in [0.4, 0.5) is 4.39 Å². The second kappa shape index (κ2) is 6.06. The molecule has 3 heteroatoms. The summed E-state index contributed by atoms with van der Waals surface area (Å²) in [6.45, 7) is 2.21. The maximum atomic E-state index is 13.1. The smallest absolute Gasteiger partial charge is 0.123 e. The molecule has 20 heavy (non-hydrogen) atoms. The Balaban J connectivity index is 1.79. The van der Waals surface area contributed by atoms with Gasteiger partial charge in [0.15, 0.2) is 0 Å². The summed E-state index contributed by atoms with van der Waals surface area (Å²) in [5.74, 6) is 0.545. The molecule has 0 bridgehead atoms. The van der Waals surface area contributed by atoms with Gasteiger partial charge in [0, 0.05) is 17.0 Å². The second-order valence-corrected chi connectivity index (χ2v) is 6.49. The molecule has 1 aliphatic carbocycles. The summed E-state index contributed by atoms with van der Waals surface area (Å²) in [4.78, 5) is 1.39. The van der Waals surface area contributed by atoms with Gasteiger partial charge in [-0.1, -0.05) is 25.1 Å². The average molecular weight is 289 g/mol. The molecular formula is C17H20FNS. The monoisotopic (exact) mass is 289 g/mol. The molecule has 1 N–H and O–H groups in total. The van der Waals surface area contributed by atoms with Crippen LogP contribution in [-0.4, -0.2) is 0 Å². The third-order valence-electron chi connectivity index (χ3n) is 4.00. The quantitative estimate of drug-likeness (QED) is 0.782. The van der Waals surface area contributed by atoms with Crippen molar-refractivity contribution in [2.24, 2.45) is 5.92 Å². The van der Waals surface area contributed by atoms with Crippen molar-refractivity contribution in [1.29, 1.82) is 0 Å². The third-order valence-corrected chi connectivity index (χ3v) is 4.98. The van der Waals surface area contributed by atoms with E-state index in [2.05, 4.69) is 29.8 Å². The minimum atomic E-state index is -0.159. The lowest BCUT2D eigenvalue weighted by Crippen LogP contribution is -2.27. The highest BCUT2D eigenvalue weighted by Gasteiger charge is 2.33. The van der Waals surface area contributed by atoms with E-state index in [0.29, 0.717) is 18.0 Å². The van der Waals surface area contributed by atoms with Crippen LogP contribution in [0.2, 0.25) is 0 Å². The zero-order valence-electron chi connectivity index (χ0n) is 11.7. The Kier molecular flexibility index (Phi) is 4.18. The van der Waals surface area contributed by atoms with Crippen LogP contribution in [0.1, 0.15) is 48.7 Å². The standard InChI is InChI=1S/C17H20FNS/c1-2-15(16-4-3-11-20-16)19-17(12-5-6-12)13-7-9-14(18)10-8-13/h3-4,7-12,15,17,19H,2,5-6H2,1H3. The number of nitrogens with one attached hydrogen (secondary N) is 1. The van der Waals surface area contributed by atoms with Crippen LogP contribution in [0.5, 0.6) is 0 Å². The molecule has 3 rings (SSSR count). The molecule has 1 saturated carbocycles. The van der Waals surface area contributed by atoms with E-state index in [1.807, 2.05) is 12.1 Å². The SMILES string of the molecule is CCC(NC(c1ccc(F)cc1)C1CC1)c1cccs1. The molecule has 0 saturated heterocycles. The number of hydrogen-bond acceptors (Lipinski definition) is 2. The van der Waals surface area contributed by atoms with Crippen LogP contribution in [0, 0.1) is 11.7 Å². The fraction of sp³-hybridized carbons (Fsp3) is 0.412. The first-order valence-electron chi connectivity index (χ1n) is 7.33. The Morgan fingerprint density at radius 3 is 2.55 bits per heavy atom. The lowest BCUT2D eigenvalue weighted by atomic mass is 10.00. The van der Waals surface area contributed by atoms with Crippen LogP contribution in [0.15, 0.2) is 41.8 Å². The van der Waals surface area contributed by atoms with Gasteiger partial charge < -0.3 is 5.32 Å². The summed E-state index contributed by atoms with van der Waals surface area (Å²) >= 11 is 1.80. The van der Waals surface area contributed by atoms with Gasteiger partial charge in [-0.15, -0.1) is 11.3 Å². The second-order valence-electron chi connectivity index (χ2n) is 5.51. The number of benzene rings is 1. The number of halogens is 1. The largest absolute Gasteiger partial charge is 0.302 e. The van der Waals surface area contributed by atoms with Crippen molar-refractivity contribution in [2.45, 2.75) is 38.3 Å². The highest BCUT2D eigenvalue weighted by Crippen LogP contribution is 2.42. The van der Waals surface area contributed by atoms with E-state index >= 15 is 0 Å². The maximum absolute atomic E-state index is 13.1. The summed E-state index contributed by atoms with van der Waals surface area (Å²) in [6.07, 6.45) is 3.62. The Morgan fingerprint density at radius 2 is 2.00 bits per heavy atom. The van der Waals surface area contributed by atoms with E-state index in [1.165, 1.54) is 23.3 Å². The van der Waals surface area contributed by atoms with Crippen molar-refractivity contribution < 1.29 is 4.39 Å². The first-order valence-corrected chi connectivity index (χ1v) is 8.21. The fourth-order valence-corrected chi connectivity index (χ4v) is 3.58. The van der Waals surface area contributed by atoms with Gasteiger partial charge in [0.1, 0.15) is 5.82 Å². The number of rotatable bonds is 6. The van der Waals surface area contributed by atoms with Crippen molar-refractivity contribution in [3.05, 3.63) is 58.0 Å². The van der Waals surface area contributed by atoms with Gasteiger partial charge in [-0.25, -0.2) is 4.39 Å². The Bertz CT molecular complexity index is 531. The molecular weight excluding hydrogens is 269 g/mol. The molecule has 1 aromatic heterocycles. The highest BCUT2D eigenvalue weighted by atomic mass is 32.1. The van der Waals surface area contributed by atoms with Crippen LogP contribution in [0.3, 0.4) is 0 Å². The molecule has 106 valence electrons. The molecule has 2 unspecified atom stereocenters. The molecule has 1 aromatic carbocycles. The zero-order valence-corrected chi connectivity index (χ0v) is 12.5. The lowest BCUT2D eigenvalue weighted by Gasteiger charge is -2.25. The molecule has 0 radical (unpaired) electrons. The van der Waals surface area contributed by atoms with Crippen LogP contribution in [0.25, 0.3) is 0 Å². The van der Waals surface area contributed by atoms with E-state index in [4.69, 9.17) is 0 Å². The van der Waals surface area contributed by atoms with Gasteiger partial charge in [-0.05, 0) is 54.3 Å². The van der Waals surface area contributed by atoms with Crippen LogP contribution < -0.4 is 5.32 Å². The predicted molar refractivity (Wildman–Crippen MR) is 82.4 cm³/mol. The summed E-state index contributed by atoms with van der Waals surface area (Å²) in [6, 6.07) is 12.0. The van der Waals surface area contributed by atoms with Gasteiger partial charge in [0.2, 0.25) is 0 Å². The van der Waals surface area contributed by atoms with Gasteiger partial charge in [0.05, 0.1) is 0 Å². The Labute approximate surface area is 123 Å². The highest BCUT2D eigenvalue weighted by molar-refractivity contribution is 7.10. The normalized spacial score (nSPS) is 17.9. The fourth-order valence-electron chi connectivity index (χ4n) is 2.71. The molecule has 1 aliphatic rings. The van der Waals surface area contributed by atoms with Gasteiger partial charge in [0.25, 0.3) is 0 Å². The van der Waals surface area contributed by atoms with Gasteiger partial charge >= 0.3 is 0 Å². The minimum Gasteiger partial charge on any atom is -0.302 e. The Hall–Kier alpha value is -1.19. The summed E-state index contributed by atoms with van der Waals surface area (Å²) in [7, 11) is 0. The molecule has 0 aliphatic heterocycles. The molecule has 2 atom stereocenters. The third kappa shape index (κ3) is 3.10. The number of hydrogen-bond donors (Lipinski definition) is 1. The first kappa shape index (κ1) is 13.8. The van der Waals surface area contributed by atoms with E-state index in [-0.39, 0.29) is 5.82 Å². The molecule has 1 heterocycles. The van der Waals surface area contributed by atoms with Crippen molar-refractivity contribution in [3.63, 3.8) is 0 Å². The minimum absolute atomic E-state index is 0.159. The molecule has 0 spiro atoms.